The lowest BCUT2D eigenvalue weighted by molar-refractivity contribution is 0.102. The molecule has 29 heavy (non-hydrogen) atoms. The molecule has 0 bridgehead atoms. The van der Waals surface area contributed by atoms with E-state index in [2.05, 4.69) is 20.6 Å². The number of nitrogens with zero attached hydrogens (tertiary/aromatic N) is 2. The second-order valence-corrected chi connectivity index (χ2v) is 6.12. The molecular weight excluding hydrogens is 375 g/mol. The monoisotopic (exact) mass is 396 g/mol. The average molecular weight is 396 g/mol. The fraction of sp³-hybridized carbons (Fsp3) is 0.190. The molecule has 1 amide bonds. The zero-order valence-electron chi connectivity index (χ0n) is 16.1. The van der Waals surface area contributed by atoms with Gasteiger partial charge in [0.15, 0.2) is 0 Å². The van der Waals surface area contributed by atoms with Gasteiger partial charge in [0.05, 0.1) is 25.5 Å². The maximum absolute atomic E-state index is 12.9. The summed E-state index contributed by atoms with van der Waals surface area (Å²) < 4.78 is 23.3. The maximum atomic E-state index is 12.9. The molecule has 0 unspecified atom stereocenters. The van der Waals surface area contributed by atoms with Gasteiger partial charge in [-0.15, -0.1) is 0 Å². The van der Waals surface area contributed by atoms with Crippen molar-refractivity contribution in [1.82, 2.24) is 9.97 Å². The van der Waals surface area contributed by atoms with Gasteiger partial charge in [-0.3, -0.25) is 4.79 Å². The minimum absolute atomic E-state index is 0.259. The predicted molar refractivity (Wildman–Crippen MR) is 108 cm³/mol. The van der Waals surface area contributed by atoms with Gasteiger partial charge in [0.25, 0.3) is 5.91 Å². The number of hydrogen-bond acceptors (Lipinski definition) is 6. The second-order valence-electron chi connectivity index (χ2n) is 6.12. The number of halogens is 1. The molecule has 8 heteroatoms. The van der Waals surface area contributed by atoms with Gasteiger partial charge in [0.2, 0.25) is 5.95 Å². The van der Waals surface area contributed by atoms with Crippen LogP contribution in [-0.2, 0) is 6.42 Å². The van der Waals surface area contributed by atoms with E-state index >= 15 is 0 Å². The Hall–Kier alpha value is -3.68. The standard InChI is InChI=1S/C21H21FN4O3/c1-28-17-7-8-19(29-2)18(11-17)26-20(27)15-12-24-21(25-13-15)23-10-9-14-3-5-16(22)6-4-14/h3-8,11-13H,9-10H2,1-2H3,(H,26,27)(H,23,24,25). The highest BCUT2D eigenvalue weighted by atomic mass is 19.1. The smallest absolute Gasteiger partial charge is 0.258 e. The Kier molecular flexibility index (Phi) is 6.57. The lowest BCUT2D eigenvalue weighted by atomic mass is 10.1. The van der Waals surface area contributed by atoms with E-state index in [-0.39, 0.29) is 11.7 Å². The van der Waals surface area contributed by atoms with E-state index in [1.807, 2.05) is 0 Å². The van der Waals surface area contributed by atoms with Crippen LogP contribution in [0.25, 0.3) is 0 Å². The first-order valence-corrected chi connectivity index (χ1v) is 8.93. The molecule has 0 radical (unpaired) electrons. The van der Waals surface area contributed by atoms with Crippen molar-refractivity contribution in [3.63, 3.8) is 0 Å². The first-order valence-electron chi connectivity index (χ1n) is 8.93. The van der Waals surface area contributed by atoms with Crippen LogP contribution >= 0.6 is 0 Å². The van der Waals surface area contributed by atoms with Crippen molar-refractivity contribution in [1.29, 1.82) is 0 Å². The highest BCUT2D eigenvalue weighted by Gasteiger charge is 2.12. The number of benzene rings is 2. The number of anilines is 2. The molecule has 0 saturated heterocycles. The van der Waals surface area contributed by atoms with E-state index in [0.717, 1.165) is 5.56 Å². The first kappa shape index (κ1) is 20.1. The normalized spacial score (nSPS) is 10.3. The van der Waals surface area contributed by atoms with E-state index in [1.165, 1.54) is 31.6 Å². The molecule has 3 rings (SSSR count). The van der Waals surface area contributed by atoms with Crippen molar-refractivity contribution in [2.45, 2.75) is 6.42 Å². The molecule has 0 spiro atoms. The van der Waals surface area contributed by atoms with Gasteiger partial charge >= 0.3 is 0 Å². The van der Waals surface area contributed by atoms with Gasteiger partial charge in [0.1, 0.15) is 17.3 Å². The third-order valence-electron chi connectivity index (χ3n) is 4.18. The Labute approximate surface area is 167 Å². The van der Waals surface area contributed by atoms with Gasteiger partial charge in [0, 0.05) is 25.0 Å². The maximum Gasteiger partial charge on any atom is 0.258 e. The molecule has 2 N–H and O–H groups in total. The Balaban J connectivity index is 1.58. The highest BCUT2D eigenvalue weighted by molar-refractivity contribution is 6.04. The zero-order chi connectivity index (χ0) is 20.6. The summed E-state index contributed by atoms with van der Waals surface area (Å²) in [5, 5.41) is 5.84. The second kappa shape index (κ2) is 9.50. The van der Waals surface area contributed by atoms with Gasteiger partial charge in [-0.25, -0.2) is 14.4 Å². The number of methoxy groups -OCH3 is 2. The van der Waals surface area contributed by atoms with Crippen molar-refractivity contribution >= 4 is 17.5 Å². The van der Waals surface area contributed by atoms with Crippen LogP contribution in [0, 0.1) is 5.82 Å². The zero-order valence-corrected chi connectivity index (χ0v) is 16.1. The Bertz CT molecular complexity index is 963. The van der Waals surface area contributed by atoms with Crippen molar-refractivity contribution in [3.8, 4) is 11.5 Å². The molecule has 1 aromatic heterocycles. The Morgan fingerprint density at radius 1 is 1.03 bits per heavy atom. The van der Waals surface area contributed by atoms with Crippen LogP contribution in [0.3, 0.4) is 0 Å². The van der Waals surface area contributed by atoms with Crippen LogP contribution < -0.4 is 20.1 Å². The lowest BCUT2D eigenvalue weighted by Gasteiger charge is -2.11. The molecule has 7 nitrogen and oxygen atoms in total. The molecule has 0 aliphatic rings. The molecule has 0 saturated carbocycles. The summed E-state index contributed by atoms with van der Waals surface area (Å²) in [7, 11) is 3.07. The topological polar surface area (TPSA) is 85.4 Å². The summed E-state index contributed by atoms with van der Waals surface area (Å²) in [6.45, 7) is 0.582. The minimum atomic E-state index is -0.366. The van der Waals surface area contributed by atoms with E-state index in [9.17, 15) is 9.18 Å². The molecular formula is C21H21FN4O3. The number of amides is 1. The van der Waals surface area contributed by atoms with Crippen molar-refractivity contribution in [2.24, 2.45) is 0 Å². The van der Waals surface area contributed by atoms with Gasteiger partial charge in [-0.05, 0) is 36.2 Å². The van der Waals surface area contributed by atoms with Crippen LogP contribution in [0.4, 0.5) is 16.0 Å². The van der Waals surface area contributed by atoms with Gasteiger partial charge in [-0.1, -0.05) is 12.1 Å². The molecule has 0 aliphatic heterocycles. The number of nitrogens with one attached hydrogen (secondary N) is 2. The first-order chi connectivity index (χ1) is 14.1. The van der Waals surface area contributed by atoms with E-state index in [0.29, 0.717) is 41.7 Å². The fourth-order valence-corrected chi connectivity index (χ4v) is 2.61. The molecule has 0 atom stereocenters. The van der Waals surface area contributed by atoms with E-state index in [4.69, 9.17) is 9.47 Å². The number of ether oxygens (including phenoxy) is 2. The largest absolute Gasteiger partial charge is 0.497 e. The van der Waals surface area contributed by atoms with Crippen LogP contribution in [0.15, 0.2) is 54.9 Å². The number of rotatable bonds is 8. The molecule has 2 aromatic carbocycles. The van der Waals surface area contributed by atoms with Crippen molar-refractivity contribution in [2.75, 3.05) is 31.4 Å². The number of hydrogen-bond donors (Lipinski definition) is 2. The highest BCUT2D eigenvalue weighted by Crippen LogP contribution is 2.29. The Morgan fingerprint density at radius 2 is 1.76 bits per heavy atom. The van der Waals surface area contributed by atoms with Crippen LogP contribution in [0.1, 0.15) is 15.9 Å². The Morgan fingerprint density at radius 3 is 2.41 bits per heavy atom. The third-order valence-corrected chi connectivity index (χ3v) is 4.18. The summed E-state index contributed by atoms with van der Waals surface area (Å²) in [5.74, 6) is 0.889. The molecule has 3 aromatic rings. The summed E-state index contributed by atoms with van der Waals surface area (Å²) in [5.41, 5.74) is 1.79. The molecule has 0 fully saturated rings. The molecule has 1 heterocycles. The lowest BCUT2D eigenvalue weighted by Crippen LogP contribution is -2.14. The van der Waals surface area contributed by atoms with E-state index < -0.39 is 0 Å². The summed E-state index contributed by atoms with van der Waals surface area (Å²) >= 11 is 0. The summed E-state index contributed by atoms with van der Waals surface area (Å²) in [6.07, 6.45) is 3.58. The van der Waals surface area contributed by atoms with Crippen molar-refractivity contribution in [3.05, 3.63) is 71.8 Å². The van der Waals surface area contributed by atoms with Gasteiger partial charge in [-0.2, -0.15) is 0 Å². The number of carbonyl (C=O) groups excluding carboxylic acids is 1. The number of aromatic nitrogens is 2. The van der Waals surface area contributed by atoms with Crippen LogP contribution in [0.5, 0.6) is 11.5 Å². The third kappa shape index (κ3) is 5.41. The fourth-order valence-electron chi connectivity index (χ4n) is 2.61. The number of carbonyl (C=O) groups is 1. The average Bonchev–Trinajstić information content (AvgIpc) is 2.75. The van der Waals surface area contributed by atoms with E-state index in [1.54, 1.807) is 37.4 Å². The van der Waals surface area contributed by atoms with Crippen LogP contribution in [-0.4, -0.2) is 36.6 Å². The minimum Gasteiger partial charge on any atom is -0.497 e. The van der Waals surface area contributed by atoms with Crippen LogP contribution in [0.2, 0.25) is 0 Å². The predicted octanol–water partition coefficient (Wildman–Crippen LogP) is 3.54. The summed E-state index contributed by atoms with van der Waals surface area (Å²) in [6, 6.07) is 11.4. The SMILES string of the molecule is COc1ccc(OC)c(NC(=O)c2cnc(NCCc3ccc(F)cc3)nc2)c1. The van der Waals surface area contributed by atoms with Gasteiger partial charge < -0.3 is 20.1 Å². The quantitative estimate of drug-likeness (QED) is 0.606. The van der Waals surface area contributed by atoms with Crippen molar-refractivity contribution < 1.29 is 18.7 Å². The molecule has 150 valence electrons. The summed E-state index contributed by atoms with van der Waals surface area (Å²) in [4.78, 5) is 20.8. The molecule has 0 aliphatic carbocycles.